The van der Waals surface area contributed by atoms with Crippen LogP contribution in [0.4, 0.5) is 5.69 Å². The summed E-state index contributed by atoms with van der Waals surface area (Å²) in [5.41, 5.74) is 7.03. The second-order valence-corrected chi connectivity index (χ2v) is 7.81. The molecule has 21 heavy (non-hydrogen) atoms. The number of nitrogens with one attached hydrogen (secondary N) is 1. The first-order chi connectivity index (χ1) is 9.79. The summed E-state index contributed by atoms with van der Waals surface area (Å²) >= 11 is 0. The maximum Gasteiger partial charge on any atom is 0.240 e. The van der Waals surface area contributed by atoms with Gasteiger partial charge < -0.3 is 10.6 Å². The van der Waals surface area contributed by atoms with Crippen molar-refractivity contribution in [1.82, 2.24) is 4.72 Å². The zero-order valence-electron chi connectivity index (χ0n) is 12.9. The summed E-state index contributed by atoms with van der Waals surface area (Å²) in [4.78, 5) is 2.59. The average Bonchev–Trinajstić information content (AvgIpc) is 2.37. The molecular weight excluding hydrogens is 286 g/mol. The predicted octanol–water partition coefficient (Wildman–Crippen LogP) is 1.69. The molecule has 2 unspecified atom stereocenters. The van der Waals surface area contributed by atoms with E-state index in [9.17, 15) is 8.42 Å². The highest BCUT2D eigenvalue weighted by Crippen LogP contribution is 2.25. The molecule has 0 radical (unpaired) electrons. The van der Waals surface area contributed by atoms with Crippen LogP contribution in [0.1, 0.15) is 33.6 Å². The molecule has 1 aromatic rings. The van der Waals surface area contributed by atoms with Crippen molar-refractivity contribution in [3.63, 3.8) is 0 Å². The fourth-order valence-electron chi connectivity index (χ4n) is 2.79. The molecule has 1 aromatic carbocycles. The number of nitrogens with two attached hydrogens (primary N) is 1. The third-order valence-electron chi connectivity index (χ3n) is 3.79. The van der Waals surface area contributed by atoms with Crippen LogP contribution in [0.3, 0.4) is 0 Å². The van der Waals surface area contributed by atoms with Gasteiger partial charge >= 0.3 is 0 Å². The molecule has 0 aliphatic carbocycles. The van der Waals surface area contributed by atoms with Crippen molar-refractivity contribution in [2.45, 2.75) is 56.6 Å². The molecule has 1 aliphatic heterocycles. The normalized spacial score (nSPS) is 23.6. The van der Waals surface area contributed by atoms with Crippen LogP contribution < -0.4 is 15.4 Å². The van der Waals surface area contributed by atoms with Gasteiger partial charge in [0, 0.05) is 30.4 Å². The fourth-order valence-corrected chi connectivity index (χ4v) is 4.04. The summed E-state index contributed by atoms with van der Waals surface area (Å²) < 4.78 is 26.8. The molecule has 5 nitrogen and oxygen atoms in total. The van der Waals surface area contributed by atoms with E-state index in [1.165, 1.54) is 0 Å². The van der Waals surface area contributed by atoms with Gasteiger partial charge in [0.15, 0.2) is 0 Å². The Labute approximate surface area is 127 Å². The number of sulfonamides is 1. The average molecular weight is 311 g/mol. The summed E-state index contributed by atoms with van der Waals surface area (Å²) in [6, 6.07) is 7.63. The van der Waals surface area contributed by atoms with E-state index in [-0.39, 0.29) is 12.1 Å². The van der Waals surface area contributed by atoms with Crippen LogP contribution in [-0.2, 0) is 10.0 Å². The first-order valence-electron chi connectivity index (χ1n) is 7.44. The Morgan fingerprint density at radius 3 is 2.43 bits per heavy atom. The highest BCUT2D eigenvalue weighted by Gasteiger charge is 2.24. The Morgan fingerprint density at radius 1 is 1.29 bits per heavy atom. The molecular formula is C15H25N3O2S. The maximum absolute atomic E-state index is 12.1. The number of nitrogens with zero attached hydrogens (tertiary/aromatic N) is 1. The van der Waals surface area contributed by atoms with Crippen molar-refractivity contribution in [3.05, 3.63) is 24.3 Å². The van der Waals surface area contributed by atoms with Gasteiger partial charge in [0.1, 0.15) is 0 Å². The van der Waals surface area contributed by atoms with E-state index in [1.54, 1.807) is 12.1 Å². The van der Waals surface area contributed by atoms with Gasteiger partial charge in [-0.1, -0.05) is 0 Å². The number of benzene rings is 1. The maximum atomic E-state index is 12.1. The zero-order valence-corrected chi connectivity index (χ0v) is 13.7. The van der Waals surface area contributed by atoms with Crippen molar-refractivity contribution in [1.29, 1.82) is 0 Å². The number of rotatable bonds is 4. The zero-order chi connectivity index (χ0) is 15.6. The summed E-state index contributed by atoms with van der Waals surface area (Å²) in [6.45, 7) is 6.69. The van der Waals surface area contributed by atoms with Gasteiger partial charge in [0.25, 0.3) is 0 Å². The number of piperidine rings is 1. The highest BCUT2D eigenvalue weighted by atomic mass is 32.2. The lowest BCUT2D eigenvalue weighted by Crippen LogP contribution is -2.45. The van der Waals surface area contributed by atoms with Crippen molar-refractivity contribution in [2.75, 3.05) is 11.4 Å². The van der Waals surface area contributed by atoms with Crippen LogP contribution in [0, 0.1) is 0 Å². The molecule has 0 amide bonds. The summed E-state index contributed by atoms with van der Waals surface area (Å²) in [5.74, 6) is 0. The van der Waals surface area contributed by atoms with Gasteiger partial charge in [0.05, 0.1) is 4.90 Å². The third-order valence-corrected chi connectivity index (χ3v) is 5.46. The van der Waals surface area contributed by atoms with E-state index >= 15 is 0 Å². The topological polar surface area (TPSA) is 75.4 Å². The SMILES string of the molecule is CC(C)NS(=O)(=O)c1ccc(N2CCC(N)CC2C)cc1. The second-order valence-electron chi connectivity index (χ2n) is 6.10. The van der Waals surface area contributed by atoms with Crippen LogP contribution >= 0.6 is 0 Å². The van der Waals surface area contributed by atoms with Gasteiger partial charge in [-0.15, -0.1) is 0 Å². The molecule has 0 saturated carbocycles. The first kappa shape index (κ1) is 16.3. The molecule has 3 N–H and O–H groups in total. The Morgan fingerprint density at radius 2 is 1.90 bits per heavy atom. The van der Waals surface area contributed by atoms with Crippen molar-refractivity contribution < 1.29 is 8.42 Å². The molecule has 1 fully saturated rings. The molecule has 118 valence electrons. The first-order valence-corrected chi connectivity index (χ1v) is 8.92. The highest BCUT2D eigenvalue weighted by molar-refractivity contribution is 7.89. The minimum atomic E-state index is -3.42. The number of hydrogen-bond acceptors (Lipinski definition) is 4. The molecule has 1 saturated heterocycles. The molecule has 0 spiro atoms. The number of anilines is 1. The summed E-state index contributed by atoms with van der Waals surface area (Å²) in [5, 5.41) is 0. The number of hydrogen-bond donors (Lipinski definition) is 2. The Kier molecular flexibility index (Phi) is 4.91. The van der Waals surface area contributed by atoms with Crippen molar-refractivity contribution in [3.8, 4) is 0 Å². The molecule has 0 bridgehead atoms. The van der Waals surface area contributed by atoms with Crippen molar-refractivity contribution in [2.24, 2.45) is 5.73 Å². The van der Waals surface area contributed by atoms with E-state index in [4.69, 9.17) is 5.73 Å². The van der Waals surface area contributed by atoms with Crippen LogP contribution in [0.25, 0.3) is 0 Å². The smallest absolute Gasteiger partial charge is 0.240 e. The third kappa shape index (κ3) is 3.96. The lowest BCUT2D eigenvalue weighted by molar-refractivity contribution is 0.430. The van der Waals surface area contributed by atoms with Crippen molar-refractivity contribution >= 4 is 15.7 Å². The molecule has 2 rings (SSSR count). The van der Waals surface area contributed by atoms with E-state index in [0.29, 0.717) is 10.9 Å². The summed E-state index contributed by atoms with van der Waals surface area (Å²) in [7, 11) is -3.42. The van der Waals surface area contributed by atoms with Crippen LogP contribution in [0.15, 0.2) is 29.2 Å². The van der Waals surface area contributed by atoms with Gasteiger partial charge in [-0.25, -0.2) is 13.1 Å². The fraction of sp³-hybridized carbons (Fsp3) is 0.600. The lowest BCUT2D eigenvalue weighted by Gasteiger charge is -2.38. The summed E-state index contributed by atoms with van der Waals surface area (Å²) in [6.07, 6.45) is 1.94. The lowest BCUT2D eigenvalue weighted by atomic mass is 9.98. The molecule has 6 heteroatoms. The van der Waals surface area contributed by atoms with E-state index in [1.807, 2.05) is 26.0 Å². The van der Waals surface area contributed by atoms with Gasteiger partial charge in [-0.05, 0) is 57.9 Å². The Balaban J connectivity index is 2.16. The predicted molar refractivity (Wildman–Crippen MR) is 85.9 cm³/mol. The van der Waals surface area contributed by atoms with Gasteiger partial charge in [-0.3, -0.25) is 0 Å². The minimum Gasteiger partial charge on any atom is -0.369 e. The monoisotopic (exact) mass is 311 g/mol. The van der Waals surface area contributed by atoms with Gasteiger partial charge in [0.2, 0.25) is 10.0 Å². The Bertz CT molecular complexity index is 569. The largest absolute Gasteiger partial charge is 0.369 e. The minimum absolute atomic E-state index is 0.113. The Hall–Kier alpha value is -1.11. The molecule has 0 aromatic heterocycles. The quantitative estimate of drug-likeness (QED) is 0.887. The van der Waals surface area contributed by atoms with E-state index < -0.39 is 10.0 Å². The molecule has 1 aliphatic rings. The van der Waals surface area contributed by atoms with Crippen LogP contribution in [0.5, 0.6) is 0 Å². The van der Waals surface area contributed by atoms with E-state index in [0.717, 1.165) is 25.1 Å². The van der Waals surface area contributed by atoms with Gasteiger partial charge in [-0.2, -0.15) is 0 Å². The van der Waals surface area contributed by atoms with Crippen LogP contribution in [0.2, 0.25) is 0 Å². The standard InChI is InChI=1S/C15H25N3O2S/c1-11(2)17-21(19,20)15-6-4-14(5-7-15)18-9-8-13(16)10-12(18)3/h4-7,11-13,17H,8-10,16H2,1-3H3. The second kappa shape index (κ2) is 6.34. The van der Waals surface area contributed by atoms with Crippen LogP contribution in [-0.4, -0.2) is 33.1 Å². The molecule has 2 atom stereocenters. The molecule has 1 heterocycles. The van der Waals surface area contributed by atoms with E-state index in [2.05, 4.69) is 16.5 Å².